The summed E-state index contributed by atoms with van der Waals surface area (Å²) in [4.78, 5) is 27.0. The molecule has 31 heavy (non-hydrogen) atoms. The molecule has 0 saturated carbocycles. The highest BCUT2D eigenvalue weighted by Crippen LogP contribution is 2.46. The normalized spacial score (nSPS) is 16.7. The third-order valence-corrected chi connectivity index (χ3v) is 7.10. The lowest BCUT2D eigenvalue weighted by Gasteiger charge is -2.15. The van der Waals surface area contributed by atoms with E-state index in [-0.39, 0.29) is 32.5 Å². The van der Waals surface area contributed by atoms with E-state index in [0.717, 1.165) is 29.9 Å². The number of aliphatic hydroxyl groups excluding tert-OH is 1. The fourth-order valence-corrected chi connectivity index (χ4v) is 5.32. The molecular weight excluding hydrogens is 461 g/mol. The Morgan fingerprint density at radius 1 is 1.26 bits per heavy atom. The minimum atomic E-state index is -0.748. The van der Waals surface area contributed by atoms with E-state index in [1.165, 1.54) is 6.07 Å². The van der Waals surface area contributed by atoms with Crippen LogP contribution in [0.15, 0.2) is 30.3 Å². The molecule has 0 radical (unpaired) electrons. The van der Waals surface area contributed by atoms with Crippen LogP contribution in [0, 0.1) is 0 Å². The maximum Gasteiger partial charge on any atom is 0.256 e. The zero-order chi connectivity index (χ0) is 22.3. The fraction of sp³-hybridized carbons (Fsp3) is 0.238. The van der Waals surface area contributed by atoms with Gasteiger partial charge in [0.25, 0.3) is 11.8 Å². The van der Waals surface area contributed by atoms with E-state index < -0.39 is 11.8 Å². The van der Waals surface area contributed by atoms with Crippen LogP contribution in [0.5, 0.6) is 5.75 Å². The van der Waals surface area contributed by atoms with E-state index in [4.69, 9.17) is 28.9 Å². The number of hydrogen-bond donors (Lipinski definition) is 4. The number of benzene rings is 2. The second-order valence-electron chi connectivity index (χ2n) is 7.40. The number of nitrogens with one attached hydrogen (secondary N) is 1. The summed E-state index contributed by atoms with van der Waals surface area (Å²) in [6, 6.07) is 8.51. The minimum Gasteiger partial charge on any atom is -0.505 e. The van der Waals surface area contributed by atoms with Crippen molar-refractivity contribution in [3.63, 3.8) is 0 Å². The van der Waals surface area contributed by atoms with E-state index in [1.807, 2.05) is 12.1 Å². The van der Waals surface area contributed by atoms with Gasteiger partial charge in [0.1, 0.15) is 10.0 Å². The van der Waals surface area contributed by atoms with Crippen molar-refractivity contribution in [1.82, 2.24) is 4.90 Å². The van der Waals surface area contributed by atoms with Gasteiger partial charge in [0.15, 0.2) is 5.75 Å². The summed E-state index contributed by atoms with van der Waals surface area (Å²) in [6.07, 6.45) is 0.487. The van der Waals surface area contributed by atoms with E-state index in [1.54, 1.807) is 12.1 Å². The lowest BCUT2D eigenvalue weighted by atomic mass is 10.1. The molecule has 4 rings (SSSR count). The molecule has 1 aromatic heterocycles. The van der Waals surface area contributed by atoms with Crippen molar-refractivity contribution in [3.05, 3.63) is 57.1 Å². The maximum atomic E-state index is 12.8. The largest absolute Gasteiger partial charge is 0.505 e. The number of primary amides is 1. The Bertz CT molecular complexity index is 1180. The molecule has 5 N–H and O–H groups in total. The van der Waals surface area contributed by atoms with Crippen LogP contribution in [0.4, 0.5) is 5.00 Å². The van der Waals surface area contributed by atoms with Gasteiger partial charge >= 0.3 is 0 Å². The minimum absolute atomic E-state index is 0.00752. The Morgan fingerprint density at radius 2 is 1.97 bits per heavy atom. The van der Waals surface area contributed by atoms with Gasteiger partial charge in [-0.1, -0.05) is 35.3 Å². The Hall–Kier alpha value is -2.36. The molecule has 1 aliphatic heterocycles. The first-order valence-corrected chi connectivity index (χ1v) is 11.1. The second-order valence-corrected chi connectivity index (χ2v) is 9.20. The lowest BCUT2D eigenvalue weighted by molar-refractivity contribution is 0.100. The Morgan fingerprint density at radius 3 is 2.58 bits per heavy atom. The molecule has 2 heterocycles. The molecule has 2 aromatic carbocycles. The second kappa shape index (κ2) is 8.64. The number of fused-ring (bicyclic) bond motifs is 1. The summed E-state index contributed by atoms with van der Waals surface area (Å²) in [5, 5.41) is 22.9. The number of carbonyl (C=O) groups is 2. The molecule has 0 spiro atoms. The highest BCUT2D eigenvalue weighted by molar-refractivity contribution is 7.24. The van der Waals surface area contributed by atoms with E-state index in [9.17, 15) is 19.8 Å². The van der Waals surface area contributed by atoms with Crippen molar-refractivity contribution >= 4 is 61.4 Å². The Kier molecular flexibility index (Phi) is 6.09. The van der Waals surface area contributed by atoms with Crippen LogP contribution in [0.3, 0.4) is 0 Å². The summed E-state index contributed by atoms with van der Waals surface area (Å²) in [6.45, 7) is 2.18. The fourth-order valence-electron chi connectivity index (χ4n) is 3.64. The number of likely N-dealkylation sites (tertiary alicyclic amines) is 1. The van der Waals surface area contributed by atoms with Crippen LogP contribution in [0.2, 0.25) is 10.0 Å². The predicted octanol–water partition coefficient (Wildman–Crippen LogP) is 3.83. The summed E-state index contributed by atoms with van der Waals surface area (Å²) in [7, 11) is 0. The van der Waals surface area contributed by atoms with Crippen molar-refractivity contribution in [2.24, 2.45) is 5.73 Å². The molecule has 0 unspecified atom stereocenters. The van der Waals surface area contributed by atoms with E-state index >= 15 is 0 Å². The van der Waals surface area contributed by atoms with Crippen LogP contribution in [0.1, 0.15) is 32.7 Å². The summed E-state index contributed by atoms with van der Waals surface area (Å²) >= 11 is 13.2. The number of phenols is 1. The molecule has 7 nitrogen and oxygen atoms in total. The molecule has 1 saturated heterocycles. The molecule has 0 bridgehead atoms. The molecule has 1 aliphatic rings. The van der Waals surface area contributed by atoms with Crippen molar-refractivity contribution in [2.75, 3.05) is 18.4 Å². The number of hydrogen-bond acceptors (Lipinski definition) is 6. The van der Waals surface area contributed by atoms with Crippen LogP contribution in [-0.4, -0.2) is 46.1 Å². The number of β-amino-alcohol motifs (C(OH)–C–C–N with tert-alkyl or cyclic N) is 1. The van der Waals surface area contributed by atoms with Crippen molar-refractivity contribution < 1.29 is 19.8 Å². The van der Waals surface area contributed by atoms with Gasteiger partial charge in [0.2, 0.25) is 0 Å². The quantitative estimate of drug-likeness (QED) is 0.443. The highest BCUT2D eigenvalue weighted by Gasteiger charge is 2.24. The number of thiophene rings is 1. The van der Waals surface area contributed by atoms with Crippen LogP contribution >= 0.6 is 34.5 Å². The van der Waals surface area contributed by atoms with Gasteiger partial charge in [-0.3, -0.25) is 14.5 Å². The van der Waals surface area contributed by atoms with Gasteiger partial charge in [-0.05, 0) is 30.2 Å². The Balaban J connectivity index is 1.57. The van der Waals surface area contributed by atoms with E-state index in [0.29, 0.717) is 28.7 Å². The SMILES string of the molecule is NC(=O)c1c(NC(=O)c2ccc(CN3CC[C@@H](O)C3)cc2)sc2c(Cl)c(O)c(Cl)cc12. The first kappa shape index (κ1) is 21.9. The van der Waals surface area contributed by atoms with Gasteiger partial charge in [-0.15, -0.1) is 11.3 Å². The average Bonchev–Trinajstić information content (AvgIpc) is 3.29. The monoisotopic (exact) mass is 479 g/mol. The van der Waals surface area contributed by atoms with E-state index in [2.05, 4.69) is 10.2 Å². The molecule has 10 heteroatoms. The zero-order valence-electron chi connectivity index (χ0n) is 16.2. The van der Waals surface area contributed by atoms with Gasteiger partial charge in [0.05, 0.1) is 21.4 Å². The first-order valence-electron chi connectivity index (χ1n) is 9.48. The molecule has 3 aromatic rings. The topological polar surface area (TPSA) is 116 Å². The van der Waals surface area contributed by atoms with Gasteiger partial charge in [-0.2, -0.15) is 0 Å². The predicted molar refractivity (Wildman–Crippen MR) is 122 cm³/mol. The van der Waals surface area contributed by atoms with Crippen molar-refractivity contribution in [1.29, 1.82) is 0 Å². The number of amides is 2. The first-order chi connectivity index (χ1) is 14.7. The molecule has 1 fully saturated rings. The summed E-state index contributed by atoms with van der Waals surface area (Å²) < 4.78 is 0.399. The van der Waals surface area contributed by atoms with Gasteiger partial charge < -0.3 is 21.3 Å². The van der Waals surface area contributed by atoms with Crippen molar-refractivity contribution in [3.8, 4) is 5.75 Å². The summed E-state index contributed by atoms with van der Waals surface area (Å²) in [5.74, 6) is -1.46. The molecular formula is C21H19Cl2N3O4S. The average molecular weight is 480 g/mol. The standard InChI is InChI=1S/C21H19Cl2N3O4S/c22-14-7-13-15(19(24)29)21(31-18(13)16(23)17(14)28)25-20(30)11-3-1-10(2-4-11)8-26-6-5-12(27)9-26/h1-4,7,12,27-28H,5-6,8-9H2,(H2,24,29)(H,25,30)/t12-/m1/s1. The number of aliphatic hydroxyl groups is 1. The third-order valence-electron chi connectivity index (χ3n) is 5.19. The number of carbonyl (C=O) groups excluding carboxylic acids is 2. The number of nitrogens with zero attached hydrogens (tertiary/aromatic N) is 1. The molecule has 2 amide bonds. The highest BCUT2D eigenvalue weighted by atomic mass is 35.5. The van der Waals surface area contributed by atoms with Gasteiger partial charge in [0, 0.05) is 30.6 Å². The number of rotatable bonds is 5. The lowest BCUT2D eigenvalue weighted by Crippen LogP contribution is -2.21. The molecule has 0 aliphatic carbocycles. The Labute approximate surface area is 192 Å². The number of halogens is 2. The van der Waals surface area contributed by atoms with Crippen LogP contribution in [0.25, 0.3) is 10.1 Å². The molecule has 162 valence electrons. The van der Waals surface area contributed by atoms with Gasteiger partial charge in [-0.25, -0.2) is 0 Å². The van der Waals surface area contributed by atoms with Crippen molar-refractivity contribution in [2.45, 2.75) is 19.1 Å². The van der Waals surface area contributed by atoms with Crippen LogP contribution in [-0.2, 0) is 6.54 Å². The smallest absolute Gasteiger partial charge is 0.256 e. The molecule has 1 atom stereocenters. The number of phenolic OH excluding ortho intramolecular Hbond substituents is 1. The zero-order valence-corrected chi connectivity index (χ0v) is 18.5. The van der Waals surface area contributed by atoms with Crippen LogP contribution < -0.4 is 11.1 Å². The summed E-state index contributed by atoms with van der Waals surface area (Å²) in [5.41, 5.74) is 7.05. The number of anilines is 1. The number of nitrogens with two attached hydrogens (primary N) is 1. The number of aromatic hydroxyl groups is 1. The maximum absolute atomic E-state index is 12.8. The third kappa shape index (κ3) is 4.35.